The Morgan fingerprint density at radius 1 is 1.35 bits per heavy atom. The highest BCUT2D eigenvalue weighted by Gasteiger charge is 2.33. The Morgan fingerprint density at radius 2 is 2.05 bits per heavy atom. The molecule has 0 unspecified atom stereocenters. The number of aliphatic carboxylic acids is 1. The molecule has 0 atom stereocenters. The summed E-state index contributed by atoms with van der Waals surface area (Å²) in [5.74, 6) is -2.33. The van der Waals surface area contributed by atoms with Gasteiger partial charge in [0.05, 0.1) is 0 Å². The fourth-order valence-corrected chi connectivity index (χ4v) is 1.85. The number of carbonyl (C=O) groups is 2. The number of rotatable bonds is 5. The van der Waals surface area contributed by atoms with Crippen molar-refractivity contribution in [3.8, 4) is 0 Å². The first-order valence-electron chi connectivity index (χ1n) is 6.17. The Bertz CT molecular complexity index is 532. The van der Waals surface area contributed by atoms with Gasteiger partial charge in [0, 0.05) is 18.2 Å². The van der Waals surface area contributed by atoms with Crippen LogP contribution in [-0.2, 0) is 11.3 Å². The van der Waals surface area contributed by atoms with Crippen LogP contribution < -0.4 is 5.32 Å². The summed E-state index contributed by atoms with van der Waals surface area (Å²) in [4.78, 5) is 23.7. The van der Waals surface area contributed by atoms with Crippen molar-refractivity contribution in [2.24, 2.45) is 0 Å². The molecule has 0 heterocycles. The van der Waals surface area contributed by atoms with Crippen LogP contribution in [-0.4, -0.2) is 34.6 Å². The molecule has 20 heavy (non-hydrogen) atoms. The number of carboxylic acids is 1. The average Bonchev–Trinajstić information content (AvgIpc) is 3.20. The molecular weight excluding hydrogens is 270 g/mol. The van der Waals surface area contributed by atoms with Gasteiger partial charge in [-0.05, 0) is 31.0 Å². The molecular formula is C13H14F2N2O3. The van der Waals surface area contributed by atoms with Crippen LogP contribution in [0.3, 0.4) is 0 Å². The van der Waals surface area contributed by atoms with Gasteiger partial charge in [0.1, 0.15) is 18.2 Å². The van der Waals surface area contributed by atoms with Crippen molar-refractivity contribution in [1.29, 1.82) is 0 Å². The molecule has 0 aromatic heterocycles. The molecule has 2 rings (SSSR count). The summed E-state index contributed by atoms with van der Waals surface area (Å²) in [6.07, 6.45) is 1.52. The predicted molar refractivity (Wildman–Crippen MR) is 66.0 cm³/mol. The fourth-order valence-electron chi connectivity index (χ4n) is 1.85. The van der Waals surface area contributed by atoms with Gasteiger partial charge in [-0.1, -0.05) is 0 Å². The fraction of sp³-hybridized carbons (Fsp3) is 0.385. The molecule has 2 amide bonds. The van der Waals surface area contributed by atoms with Crippen LogP contribution in [0.25, 0.3) is 0 Å². The standard InChI is InChI=1S/C13H14F2N2O3/c14-9-1-4-11(15)8(5-9)6-16-13(20)17(7-12(18)19)10-2-3-10/h1,4-5,10H,2-3,6-7H2,(H,16,20)(H,18,19). The Morgan fingerprint density at radius 3 is 2.65 bits per heavy atom. The third-order valence-electron chi connectivity index (χ3n) is 2.99. The number of benzene rings is 1. The van der Waals surface area contributed by atoms with Gasteiger partial charge in [-0.2, -0.15) is 0 Å². The third-order valence-corrected chi connectivity index (χ3v) is 2.99. The Hall–Kier alpha value is -2.18. The molecule has 1 saturated carbocycles. The van der Waals surface area contributed by atoms with Crippen LogP contribution in [0.4, 0.5) is 13.6 Å². The SMILES string of the molecule is O=C(O)CN(C(=O)NCc1cc(F)ccc1F)C1CC1. The van der Waals surface area contributed by atoms with Crippen molar-refractivity contribution in [1.82, 2.24) is 10.2 Å². The van der Waals surface area contributed by atoms with E-state index >= 15 is 0 Å². The van der Waals surface area contributed by atoms with E-state index in [9.17, 15) is 18.4 Å². The lowest BCUT2D eigenvalue weighted by atomic mass is 10.2. The number of hydrogen-bond acceptors (Lipinski definition) is 2. The first-order valence-corrected chi connectivity index (χ1v) is 6.17. The lowest BCUT2D eigenvalue weighted by Crippen LogP contribution is -2.43. The van der Waals surface area contributed by atoms with Crippen molar-refractivity contribution in [2.75, 3.05) is 6.54 Å². The normalized spacial score (nSPS) is 13.9. The number of nitrogens with zero attached hydrogens (tertiary/aromatic N) is 1. The highest BCUT2D eigenvalue weighted by Crippen LogP contribution is 2.26. The van der Waals surface area contributed by atoms with Gasteiger partial charge in [-0.3, -0.25) is 4.79 Å². The van der Waals surface area contributed by atoms with Crippen LogP contribution in [0.15, 0.2) is 18.2 Å². The lowest BCUT2D eigenvalue weighted by molar-refractivity contribution is -0.137. The Labute approximate surface area is 114 Å². The summed E-state index contributed by atoms with van der Waals surface area (Å²) < 4.78 is 26.3. The number of halogens is 2. The van der Waals surface area contributed by atoms with E-state index in [2.05, 4.69) is 5.32 Å². The predicted octanol–water partition coefficient (Wildman–Crippen LogP) is 1.72. The minimum Gasteiger partial charge on any atom is -0.480 e. The summed E-state index contributed by atoms with van der Waals surface area (Å²) >= 11 is 0. The molecule has 1 fully saturated rings. The van der Waals surface area contributed by atoms with E-state index < -0.39 is 30.2 Å². The van der Waals surface area contributed by atoms with Gasteiger partial charge in [0.25, 0.3) is 0 Å². The van der Waals surface area contributed by atoms with Crippen molar-refractivity contribution in [3.05, 3.63) is 35.4 Å². The number of carbonyl (C=O) groups excluding carboxylic acids is 1. The molecule has 0 radical (unpaired) electrons. The molecule has 2 N–H and O–H groups in total. The second-order valence-electron chi connectivity index (χ2n) is 4.65. The van der Waals surface area contributed by atoms with Crippen LogP contribution in [0.1, 0.15) is 18.4 Å². The van der Waals surface area contributed by atoms with Crippen LogP contribution in [0.5, 0.6) is 0 Å². The van der Waals surface area contributed by atoms with E-state index in [1.807, 2.05) is 0 Å². The number of nitrogens with one attached hydrogen (secondary N) is 1. The molecule has 0 bridgehead atoms. The molecule has 0 saturated heterocycles. The van der Waals surface area contributed by atoms with Crippen molar-refractivity contribution in [3.63, 3.8) is 0 Å². The van der Waals surface area contributed by atoms with Crippen LogP contribution in [0, 0.1) is 11.6 Å². The van der Waals surface area contributed by atoms with Gasteiger partial charge in [-0.15, -0.1) is 0 Å². The van der Waals surface area contributed by atoms with Gasteiger partial charge < -0.3 is 15.3 Å². The molecule has 0 spiro atoms. The summed E-state index contributed by atoms with van der Waals surface area (Å²) in [6, 6.07) is 2.30. The van der Waals surface area contributed by atoms with E-state index in [0.717, 1.165) is 31.0 Å². The van der Waals surface area contributed by atoms with Gasteiger partial charge in [-0.25, -0.2) is 13.6 Å². The van der Waals surface area contributed by atoms with Crippen molar-refractivity contribution in [2.45, 2.75) is 25.4 Å². The zero-order valence-corrected chi connectivity index (χ0v) is 10.6. The summed E-state index contributed by atoms with van der Waals surface area (Å²) in [5, 5.41) is 11.2. The molecule has 7 heteroatoms. The summed E-state index contributed by atoms with van der Waals surface area (Å²) in [7, 11) is 0. The van der Waals surface area contributed by atoms with E-state index in [4.69, 9.17) is 5.11 Å². The topological polar surface area (TPSA) is 69.6 Å². The zero-order valence-electron chi connectivity index (χ0n) is 10.6. The molecule has 5 nitrogen and oxygen atoms in total. The molecule has 1 aromatic carbocycles. The van der Waals surface area contributed by atoms with Gasteiger partial charge >= 0.3 is 12.0 Å². The largest absolute Gasteiger partial charge is 0.480 e. The van der Waals surface area contributed by atoms with E-state index in [1.54, 1.807) is 0 Å². The smallest absolute Gasteiger partial charge is 0.323 e. The lowest BCUT2D eigenvalue weighted by Gasteiger charge is -2.20. The monoisotopic (exact) mass is 284 g/mol. The van der Waals surface area contributed by atoms with Gasteiger partial charge in [0.15, 0.2) is 0 Å². The maximum absolute atomic E-state index is 13.4. The first-order chi connectivity index (χ1) is 9.47. The first kappa shape index (κ1) is 14.2. The Balaban J connectivity index is 1.96. The summed E-state index contributed by atoms with van der Waals surface area (Å²) in [6.45, 7) is -0.590. The van der Waals surface area contributed by atoms with Crippen LogP contribution >= 0.6 is 0 Å². The number of urea groups is 1. The average molecular weight is 284 g/mol. The van der Waals surface area contributed by atoms with E-state index in [-0.39, 0.29) is 18.2 Å². The quantitative estimate of drug-likeness (QED) is 0.865. The van der Waals surface area contributed by atoms with Crippen molar-refractivity contribution >= 4 is 12.0 Å². The molecule has 108 valence electrons. The minimum atomic E-state index is -1.11. The zero-order chi connectivity index (χ0) is 14.7. The maximum atomic E-state index is 13.4. The third kappa shape index (κ3) is 3.66. The highest BCUT2D eigenvalue weighted by molar-refractivity contribution is 5.80. The molecule has 1 aliphatic carbocycles. The molecule has 1 aliphatic rings. The van der Waals surface area contributed by atoms with E-state index in [1.165, 1.54) is 4.90 Å². The van der Waals surface area contributed by atoms with Crippen molar-refractivity contribution < 1.29 is 23.5 Å². The summed E-state index contributed by atoms with van der Waals surface area (Å²) in [5.41, 5.74) is 0.0180. The number of carboxylic acid groups (broad SMARTS) is 1. The second-order valence-corrected chi connectivity index (χ2v) is 4.65. The number of hydrogen-bond donors (Lipinski definition) is 2. The van der Waals surface area contributed by atoms with Gasteiger partial charge in [0.2, 0.25) is 0 Å². The maximum Gasteiger partial charge on any atom is 0.323 e. The van der Waals surface area contributed by atoms with E-state index in [0.29, 0.717) is 0 Å². The second kappa shape index (κ2) is 5.85. The molecule has 1 aromatic rings. The van der Waals surface area contributed by atoms with Crippen LogP contribution in [0.2, 0.25) is 0 Å². The Kier molecular flexibility index (Phi) is 4.16. The molecule has 0 aliphatic heterocycles. The minimum absolute atomic E-state index is 0.0180. The highest BCUT2D eigenvalue weighted by atomic mass is 19.1. The number of amides is 2.